The van der Waals surface area contributed by atoms with Gasteiger partial charge in [0.05, 0.1) is 37.1 Å². The largest absolute Gasteiger partial charge is 0.493 e. The maximum absolute atomic E-state index is 6.16. The summed E-state index contributed by atoms with van der Waals surface area (Å²) in [4.78, 5) is 7.68. The Balaban J connectivity index is 1.39. The van der Waals surface area contributed by atoms with Crippen LogP contribution in [0.2, 0.25) is 0 Å². The van der Waals surface area contributed by atoms with E-state index in [4.69, 9.17) is 14.9 Å². The lowest BCUT2D eigenvalue weighted by Gasteiger charge is -2.12. The number of furan rings is 1. The van der Waals surface area contributed by atoms with E-state index in [1.54, 1.807) is 12.5 Å². The lowest BCUT2D eigenvalue weighted by Crippen LogP contribution is -2.06. The Kier molecular flexibility index (Phi) is 6.85. The number of imidazole rings is 1. The van der Waals surface area contributed by atoms with Crippen LogP contribution in [-0.2, 0) is 6.42 Å². The Morgan fingerprint density at radius 1 is 1.03 bits per heavy atom. The molecular weight excluding hydrogens is 386 g/mol. The number of aromatic amines is 1. The Hall–Kier alpha value is -3.31. The fourth-order valence-corrected chi connectivity index (χ4v) is 3.62. The van der Waals surface area contributed by atoms with Gasteiger partial charge in [0, 0.05) is 16.7 Å². The molecule has 4 aromatic rings. The first-order valence-electron chi connectivity index (χ1n) is 10.8. The first-order valence-corrected chi connectivity index (χ1v) is 10.8. The molecule has 0 aliphatic heterocycles. The zero-order valence-corrected chi connectivity index (χ0v) is 17.9. The molecule has 2 aromatic carbocycles. The van der Waals surface area contributed by atoms with Crippen LogP contribution in [0.3, 0.4) is 0 Å². The summed E-state index contributed by atoms with van der Waals surface area (Å²) in [6, 6.07) is 18.6. The molecule has 1 atom stereocenters. The van der Waals surface area contributed by atoms with Gasteiger partial charge in [-0.1, -0.05) is 30.3 Å². The minimum atomic E-state index is -0.133. The second kappa shape index (κ2) is 10.1. The van der Waals surface area contributed by atoms with E-state index in [-0.39, 0.29) is 6.04 Å². The third-order valence-electron chi connectivity index (χ3n) is 5.36. The van der Waals surface area contributed by atoms with Gasteiger partial charge >= 0.3 is 0 Å². The van der Waals surface area contributed by atoms with Crippen LogP contribution in [0, 0.1) is 0 Å². The van der Waals surface area contributed by atoms with Gasteiger partial charge in [-0.05, 0) is 62.4 Å². The topological polar surface area (TPSA) is 77.1 Å². The van der Waals surface area contributed by atoms with Crippen LogP contribution in [0.5, 0.6) is 5.75 Å². The van der Waals surface area contributed by atoms with Crippen LogP contribution in [-0.4, -0.2) is 16.6 Å². The van der Waals surface area contributed by atoms with Crippen LogP contribution in [0.25, 0.3) is 22.4 Å². The first-order chi connectivity index (χ1) is 15.2. The monoisotopic (exact) mass is 415 g/mol. The lowest BCUT2D eigenvalue weighted by atomic mass is 10.0. The molecule has 0 saturated heterocycles. The molecule has 5 heteroatoms. The number of nitrogens with two attached hydrogens (primary N) is 1. The molecule has 0 bridgehead atoms. The van der Waals surface area contributed by atoms with Crippen LogP contribution in [0.4, 0.5) is 0 Å². The Bertz CT molecular complexity index is 1070. The average molecular weight is 416 g/mol. The number of hydrogen-bond donors (Lipinski definition) is 2. The fourth-order valence-electron chi connectivity index (χ4n) is 3.62. The van der Waals surface area contributed by atoms with Crippen molar-refractivity contribution >= 4 is 0 Å². The summed E-state index contributed by atoms with van der Waals surface area (Å²) in [5.41, 5.74) is 11.3. The highest BCUT2D eigenvalue weighted by atomic mass is 16.5. The maximum Gasteiger partial charge on any atom is 0.127 e. The molecule has 0 amide bonds. The molecule has 0 radical (unpaired) electrons. The highest BCUT2D eigenvalue weighted by Gasteiger charge is 2.12. The van der Waals surface area contributed by atoms with Gasteiger partial charge in [-0.15, -0.1) is 0 Å². The molecular formula is C26H29N3O2. The van der Waals surface area contributed by atoms with E-state index in [9.17, 15) is 0 Å². The van der Waals surface area contributed by atoms with E-state index < -0.39 is 0 Å². The van der Waals surface area contributed by atoms with E-state index in [0.29, 0.717) is 6.61 Å². The van der Waals surface area contributed by atoms with E-state index in [1.165, 1.54) is 12.0 Å². The molecule has 0 fully saturated rings. The Labute approximate surface area is 183 Å². The van der Waals surface area contributed by atoms with Crippen LogP contribution < -0.4 is 10.5 Å². The van der Waals surface area contributed by atoms with Gasteiger partial charge in [0.2, 0.25) is 0 Å². The van der Waals surface area contributed by atoms with E-state index in [2.05, 4.69) is 46.4 Å². The second-order valence-corrected chi connectivity index (χ2v) is 7.84. The molecule has 0 aliphatic carbocycles. The number of benzene rings is 2. The van der Waals surface area contributed by atoms with Crippen molar-refractivity contribution in [1.82, 2.24) is 9.97 Å². The van der Waals surface area contributed by atoms with E-state index in [1.807, 2.05) is 31.3 Å². The van der Waals surface area contributed by atoms with Crippen molar-refractivity contribution in [2.24, 2.45) is 5.73 Å². The summed E-state index contributed by atoms with van der Waals surface area (Å²) in [6.07, 6.45) is 9.69. The molecule has 3 N–H and O–H groups in total. The summed E-state index contributed by atoms with van der Waals surface area (Å²) in [5, 5.41) is 0. The predicted octanol–water partition coefficient (Wildman–Crippen LogP) is 6.15. The van der Waals surface area contributed by atoms with Gasteiger partial charge in [0.15, 0.2) is 0 Å². The van der Waals surface area contributed by atoms with Crippen molar-refractivity contribution in [2.45, 2.75) is 38.6 Å². The molecule has 31 heavy (non-hydrogen) atoms. The third-order valence-corrected chi connectivity index (χ3v) is 5.36. The quantitative estimate of drug-likeness (QED) is 0.305. The smallest absolute Gasteiger partial charge is 0.127 e. The average Bonchev–Trinajstić information content (AvgIpc) is 3.49. The van der Waals surface area contributed by atoms with Crippen LogP contribution in [0.15, 0.2) is 77.7 Å². The van der Waals surface area contributed by atoms with Gasteiger partial charge in [0.25, 0.3) is 0 Å². The molecule has 0 spiro atoms. The maximum atomic E-state index is 6.16. The second-order valence-electron chi connectivity index (χ2n) is 7.84. The normalized spacial score (nSPS) is 12.1. The summed E-state index contributed by atoms with van der Waals surface area (Å²) in [5.74, 6) is 1.64. The number of aromatic nitrogens is 2. The van der Waals surface area contributed by atoms with Crippen molar-refractivity contribution in [2.75, 3.05) is 6.61 Å². The number of rotatable bonds is 10. The number of aryl methyl sites for hydroxylation is 1. The molecule has 2 heterocycles. The first kappa shape index (κ1) is 20.9. The minimum absolute atomic E-state index is 0.133. The van der Waals surface area contributed by atoms with Gasteiger partial charge in [-0.2, -0.15) is 0 Å². The predicted molar refractivity (Wildman–Crippen MR) is 124 cm³/mol. The Morgan fingerprint density at radius 2 is 1.90 bits per heavy atom. The zero-order valence-electron chi connectivity index (χ0n) is 17.9. The third kappa shape index (κ3) is 5.44. The number of nitrogens with one attached hydrogen (secondary N) is 1. The van der Waals surface area contributed by atoms with Crippen LogP contribution in [0.1, 0.15) is 43.6 Å². The van der Waals surface area contributed by atoms with Gasteiger partial charge < -0.3 is 19.9 Å². The number of hydrogen-bond acceptors (Lipinski definition) is 4. The van der Waals surface area contributed by atoms with Gasteiger partial charge in [-0.3, -0.25) is 0 Å². The highest BCUT2D eigenvalue weighted by Crippen LogP contribution is 2.34. The molecule has 2 aromatic heterocycles. The SMILES string of the molecule is CC(N)c1ncc(-c2ccc(OCCCCCc3ccccc3)c(-c3ccoc3)c2)[nH]1. The fraction of sp³-hybridized carbons (Fsp3) is 0.269. The van der Waals surface area contributed by atoms with Crippen molar-refractivity contribution < 1.29 is 9.15 Å². The summed E-state index contributed by atoms with van der Waals surface area (Å²) >= 11 is 0. The minimum Gasteiger partial charge on any atom is -0.493 e. The molecule has 5 nitrogen and oxygen atoms in total. The number of unbranched alkanes of at least 4 members (excludes halogenated alkanes) is 2. The van der Waals surface area contributed by atoms with Gasteiger partial charge in [0.1, 0.15) is 11.6 Å². The van der Waals surface area contributed by atoms with Gasteiger partial charge in [-0.25, -0.2) is 4.98 Å². The molecule has 4 rings (SSSR count). The van der Waals surface area contributed by atoms with Crippen molar-refractivity contribution in [3.8, 4) is 28.1 Å². The number of H-pyrrole nitrogens is 1. The van der Waals surface area contributed by atoms with Crippen molar-refractivity contribution in [3.05, 3.63) is 84.7 Å². The molecule has 0 aliphatic rings. The molecule has 160 valence electrons. The van der Waals surface area contributed by atoms with E-state index >= 15 is 0 Å². The standard InChI is InChI=1S/C26H29N3O2/c1-19(27)26-28-17-24(29-26)21-11-12-25(23(16-21)22-13-15-30-18-22)31-14-7-3-6-10-20-8-4-2-5-9-20/h2,4-5,8-9,11-13,15-19H,3,6-7,10,14,27H2,1H3,(H,28,29). The summed E-state index contributed by atoms with van der Waals surface area (Å²) in [7, 11) is 0. The Morgan fingerprint density at radius 3 is 2.65 bits per heavy atom. The lowest BCUT2D eigenvalue weighted by molar-refractivity contribution is 0.306. The van der Waals surface area contributed by atoms with Crippen molar-refractivity contribution in [1.29, 1.82) is 0 Å². The number of ether oxygens (including phenoxy) is 1. The zero-order chi connectivity index (χ0) is 21.5. The highest BCUT2D eigenvalue weighted by molar-refractivity contribution is 5.76. The van der Waals surface area contributed by atoms with Crippen molar-refractivity contribution in [3.63, 3.8) is 0 Å². The summed E-state index contributed by atoms with van der Waals surface area (Å²) < 4.78 is 11.5. The molecule has 0 saturated carbocycles. The molecule has 1 unspecified atom stereocenters. The number of nitrogens with zero attached hydrogens (tertiary/aromatic N) is 1. The summed E-state index contributed by atoms with van der Waals surface area (Å²) in [6.45, 7) is 2.61. The van der Waals surface area contributed by atoms with E-state index in [0.717, 1.165) is 53.2 Å². The van der Waals surface area contributed by atoms with Crippen LogP contribution >= 0.6 is 0 Å².